The number of aromatic nitrogens is 3. The second-order valence-corrected chi connectivity index (χ2v) is 5.83. The Bertz CT molecular complexity index is 874. The monoisotopic (exact) mass is 308 g/mol. The lowest BCUT2D eigenvalue weighted by Crippen LogP contribution is -2.29. The SMILES string of the molecule is O=CN1CCc2ccc(C(O)c3ccc4n[nH]nc4c3)cc2C1. The quantitative estimate of drug-likeness (QED) is 0.719. The third kappa shape index (κ3) is 2.47. The van der Waals surface area contributed by atoms with Gasteiger partial charge in [0.25, 0.3) is 0 Å². The van der Waals surface area contributed by atoms with Crippen LogP contribution in [0.25, 0.3) is 11.0 Å². The summed E-state index contributed by atoms with van der Waals surface area (Å²) in [5, 5.41) is 21.3. The van der Waals surface area contributed by atoms with Crippen LogP contribution in [-0.4, -0.2) is 38.4 Å². The molecular formula is C17H16N4O2. The van der Waals surface area contributed by atoms with Crippen LogP contribution >= 0.6 is 0 Å². The molecule has 1 aromatic heterocycles. The summed E-state index contributed by atoms with van der Waals surface area (Å²) in [5.74, 6) is 0. The first-order valence-electron chi connectivity index (χ1n) is 7.54. The van der Waals surface area contributed by atoms with Gasteiger partial charge in [-0.2, -0.15) is 15.4 Å². The number of carbonyl (C=O) groups is 1. The van der Waals surface area contributed by atoms with Gasteiger partial charge in [0, 0.05) is 13.1 Å². The molecule has 1 aliphatic rings. The molecule has 1 atom stereocenters. The average molecular weight is 308 g/mol. The molecule has 0 saturated heterocycles. The molecule has 23 heavy (non-hydrogen) atoms. The lowest BCUT2D eigenvalue weighted by molar-refractivity contribution is -0.118. The molecule has 0 bridgehead atoms. The van der Waals surface area contributed by atoms with E-state index in [0.29, 0.717) is 6.54 Å². The normalized spacial score (nSPS) is 15.4. The Hall–Kier alpha value is -2.73. The maximum Gasteiger partial charge on any atom is 0.210 e. The van der Waals surface area contributed by atoms with E-state index in [1.165, 1.54) is 5.56 Å². The molecule has 1 aliphatic heterocycles. The van der Waals surface area contributed by atoms with Crippen molar-refractivity contribution in [3.63, 3.8) is 0 Å². The van der Waals surface area contributed by atoms with Crippen molar-refractivity contribution >= 4 is 17.4 Å². The van der Waals surface area contributed by atoms with Crippen molar-refractivity contribution < 1.29 is 9.90 Å². The molecule has 2 aromatic carbocycles. The van der Waals surface area contributed by atoms with Gasteiger partial charge in [-0.05, 0) is 40.8 Å². The van der Waals surface area contributed by atoms with E-state index < -0.39 is 6.10 Å². The number of hydrogen-bond acceptors (Lipinski definition) is 4. The number of rotatable bonds is 3. The standard InChI is InChI=1S/C17H16N4O2/c22-10-21-6-5-11-1-2-12(7-14(11)9-21)17(23)13-3-4-15-16(8-13)19-20-18-15/h1-4,7-8,10,17,23H,5-6,9H2,(H,18,19,20). The topological polar surface area (TPSA) is 82.1 Å². The number of hydrogen-bond donors (Lipinski definition) is 2. The molecule has 4 rings (SSSR count). The molecule has 6 heteroatoms. The van der Waals surface area contributed by atoms with Crippen molar-refractivity contribution in [2.45, 2.75) is 19.1 Å². The molecule has 0 fully saturated rings. The minimum absolute atomic E-state index is 0.599. The lowest BCUT2D eigenvalue weighted by atomic mass is 9.93. The fourth-order valence-corrected chi connectivity index (χ4v) is 3.08. The van der Waals surface area contributed by atoms with E-state index >= 15 is 0 Å². The highest BCUT2D eigenvalue weighted by molar-refractivity contribution is 5.74. The Balaban J connectivity index is 1.68. The summed E-state index contributed by atoms with van der Waals surface area (Å²) < 4.78 is 0. The van der Waals surface area contributed by atoms with Crippen LogP contribution in [0, 0.1) is 0 Å². The van der Waals surface area contributed by atoms with E-state index in [1.807, 2.05) is 36.4 Å². The van der Waals surface area contributed by atoms with Gasteiger partial charge in [0.2, 0.25) is 6.41 Å². The number of aromatic amines is 1. The van der Waals surface area contributed by atoms with Crippen molar-refractivity contribution in [3.8, 4) is 0 Å². The van der Waals surface area contributed by atoms with E-state index in [4.69, 9.17) is 0 Å². The molecule has 0 spiro atoms. The molecule has 6 nitrogen and oxygen atoms in total. The van der Waals surface area contributed by atoms with Crippen LogP contribution in [0.5, 0.6) is 0 Å². The van der Waals surface area contributed by atoms with E-state index in [2.05, 4.69) is 15.4 Å². The molecule has 0 radical (unpaired) electrons. The zero-order chi connectivity index (χ0) is 15.8. The highest BCUT2D eigenvalue weighted by atomic mass is 16.3. The van der Waals surface area contributed by atoms with E-state index in [0.717, 1.165) is 47.1 Å². The lowest BCUT2D eigenvalue weighted by Gasteiger charge is -2.26. The summed E-state index contributed by atoms with van der Waals surface area (Å²) >= 11 is 0. The van der Waals surface area contributed by atoms with Crippen LogP contribution in [0.3, 0.4) is 0 Å². The van der Waals surface area contributed by atoms with Crippen molar-refractivity contribution in [2.24, 2.45) is 0 Å². The van der Waals surface area contributed by atoms with Crippen molar-refractivity contribution in [3.05, 3.63) is 58.7 Å². The molecule has 0 aliphatic carbocycles. The molecule has 3 aromatic rings. The summed E-state index contributed by atoms with van der Waals surface area (Å²) in [7, 11) is 0. The first-order chi connectivity index (χ1) is 11.2. The Labute approximate surface area is 132 Å². The van der Waals surface area contributed by atoms with Gasteiger partial charge in [0.15, 0.2) is 0 Å². The van der Waals surface area contributed by atoms with Crippen molar-refractivity contribution in [2.75, 3.05) is 6.54 Å². The van der Waals surface area contributed by atoms with Crippen molar-refractivity contribution in [1.82, 2.24) is 20.3 Å². The zero-order valence-electron chi connectivity index (χ0n) is 12.4. The van der Waals surface area contributed by atoms with E-state index in [9.17, 15) is 9.90 Å². The first kappa shape index (κ1) is 13.9. The molecule has 2 heterocycles. The van der Waals surface area contributed by atoms with Crippen LogP contribution in [0.4, 0.5) is 0 Å². The summed E-state index contributed by atoms with van der Waals surface area (Å²) in [5.41, 5.74) is 5.43. The fraction of sp³-hybridized carbons (Fsp3) is 0.235. The van der Waals surface area contributed by atoms with Crippen LogP contribution in [0.1, 0.15) is 28.4 Å². The molecule has 1 amide bonds. The Morgan fingerprint density at radius 2 is 1.87 bits per heavy atom. The number of carbonyl (C=O) groups excluding carboxylic acids is 1. The predicted molar refractivity (Wildman–Crippen MR) is 84.6 cm³/mol. The van der Waals surface area contributed by atoms with Gasteiger partial charge in [0.05, 0.1) is 0 Å². The number of nitrogens with one attached hydrogen (secondary N) is 1. The summed E-state index contributed by atoms with van der Waals surface area (Å²) in [4.78, 5) is 12.7. The number of nitrogens with zero attached hydrogens (tertiary/aromatic N) is 3. The zero-order valence-corrected chi connectivity index (χ0v) is 12.4. The smallest absolute Gasteiger partial charge is 0.210 e. The number of H-pyrrole nitrogens is 1. The summed E-state index contributed by atoms with van der Waals surface area (Å²) in [6.45, 7) is 1.35. The van der Waals surface area contributed by atoms with Gasteiger partial charge in [-0.1, -0.05) is 24.3 Å². The van der Waals surface area contributed by atoms with E-state index in [-0.39, 0.29) is 0 Å². The molecular weight excluding hydrogens is 292 g/mol. The first-order valence-corrected chi connectivity index (χ1v) is 7.54. The number of fused-ring (bicyclic) bond motifs is 2. The minimum Gasteiger partial charge on any atom is -0.384 e. The average Bonchev–Trinajstić information content (AvgIpc) is 3.07. The number of benzene rings is 2. The van der Waals surface area contributed by atoms with Crippen molar-refractivity contribution in [1.29, 1.82) is 0 Å². The third-order valence-corrected chi connectivity index (χ3v) is 4.39. The van der Waals surface area contributed by atoms with Gasteiger partial charge < -0.3 is 10.0 Å². The molecule has 1 unspecified atom stereocenters. The molecule has 0 saturated carbocycles. The van der Waals surface area contributed by atoms with Gasteiger partial charge in [0.1, 0.15) is 17.1 Å². The van der Waals surface area contributed by atoms with Gasteiger partial charge in [-0.3, -0.25) is 4.79 Å². The van der Waals surface area contributed by atoms with Gasteiger partial charge in [-0.15, -0.1) is 0 Å². The largest absolute Gasteiger partial charge is 0.384 e. The highest BCUT2D eigenvalue weighted by Gasteiger charge is 2.18. The molecule has 116 valence electrons. The highest BCUT2D eigenvalue weighted by Crippen LogP contribution is 2.27. The van der Waals surface area contributed by atoms with Crippen LogP contribution in [0.15, 0.2) is 36.4 Å². The Morgan fingerprint density at radius 1 is 1.09 bits per heavy atom. The predicted octanol–water partition coefficient (Wildman–Crippen LogP) is 1.55. The van der Waals surface area contributed by atoms with Crippen LogP contribution < -0.4 is 0 Å². The molecule has 2 N–H and O–H groups in total. The second-order valence-electron chi connectivity index (χ2n) is 5.83. The van der Waals surface area contributed by atoms with Crippen LogP contribution in [-0.2, 0) is 17.8 Å². The Kier molecular flexibility index (Phi) is 3.31. The fourth-order valence-electron chi connectivity index (χ4n) is 3.08. The number of amides is 1. The van der Waals surface area contributed by atoms with Gasteiger partial charge >= 0.3 is 0 Å². The summed E-state index contributed by atoms with van der Waals surface area (Å²) in [6.07, 6.45) is 1.01. The minimum atomic E-state index is -0.729. The van der Waals surface area contributed by atoms with Gasteiger partial charge in [-0.25, -0.2) is 0 Å². The third-order valence-electron chi connectivity index (χ3n) is 4.39. The maximum absolute atomic E-state index is 11.0. The number of aliphatic hydroxyl groups is 1. The van der Waals surface area contributed by atoms with Crippen LogP contribution in [0.2, 0.25) is 0 Å². The number of aliphatic hydroxyl groups excluding tert-OH is 1. The second kappa shape index (κ2) is 5.48. The summed E-state index contributed by atoms with van der Waals surface area (Å²) in [6, 6.07) is 11.5. The van der Waals surface area contributed by atoms with E-state index in [1.54, 1.807) is 4.90 Å². The Morgan fingerprint density at radius 3 is 2.74 bits per heavy atom. The maximum atomic E-state index is 11.0.